The molecule has 0 aliphatic carbocycles. The molecule has 2 aromatic carbocycles. The Bertz CT molecular complexity index is 1200. The van der Waals surface area contributed by atoms with Gasteiger partial charge in [-0.1, -0.05) is 35.9 Å². The molecule has 1 N–H and O–H groups in total. The van der Waals surface area contributed by atoms with Crippen LogP contribution in [0.5, 0.6) is 11.5 Å². The number of allylic oxidation sites excluding steroid dienone is 1. The van der Waals surface area contributed by atoms with Gasteiger partial charge in [0.05, 0.1) is 23.7 Å². The van der Waals surface area contributed by atoms with Crippen molar-refractivity contribution in [3.8, 4) is 11.5 Å². The van der Waals surface area contributed by atoms with Crippen molar-refractivity contribution < 1.29 is 9.84 Å². The molecule has 1 aromatic heterocycles. The van der Waals surface area contributed by atoms with Crippen molar-refractivity contribution in [2.24, 2.45) is 5.10 Å². The van der Waals surface area contributed by atoms with E-state index in [2.05, 4.69) is 27.6 Å². The van der Waals surface area contributed by atoms with Gasteiger partial charge in [0, 0.05) is 16.0 Å². The summed E-state index contributed by atoms with van der Waals surface area (Å²) in [7, 11) is 0. The number of rotatable bonds is 8. The predicted octanol–water partition coefficient (Wildman–Crippen LogP) is 5.39. The van der Waals surface area contributed by atoms with E-state index in [0.717, 1.165) is 10.9 Å². The van der Waals surface area contributed by atoms with Crippen LogP contribution in [-0.2, 0) is 6.42 Å². The predicted molar refractivity (Wildman–Crippen MR) is 129 cm³/mol. The van der Waals surface area contributed by atoms with Gasteiger partial charge in [0.15, 0.2) is 11.5 Å². The van der Waals surface area contributed by atoms with E-state index < -0.39 is 0 Å². The third kappa shape index (κ3) is 4.88. The standard InChI is InChI=1S/C24H26BrN3O3/c1-5-8-17-11-16(12-21(22(17)29)31-7-3)14-26-28-23(15(4)6-2)27-20-10-9-18(25)13-19(20)24(28)30/h5,9-15,29H,1,6-8H2,2-4H3/t15-/m0/s1. The average Bonchev–Trinajstić information content (AvgIpc) is 2.76. The molecule has 0 saturated heterocycles. The number of hydrogen-bond acceptors (Lipinski definition) is 5. The summed E-state index contributed by atoms with van der Waals surface area (Å²) in [6, 6.07) is 8.97. The van der Waals surface area contributed by atoms with E-state index >= 15 is 0 Å². The molecule has 3 rings (SSSR count). The van der Waals surface area contributed by atoms with Crippen molar-refractivity contribution in [1.82, 2.24) is 9.66 Å². The maximum Gasteiger partial charge on any atom is 0.282 e. The summed E-state index contributed by atoms with van der Waals surface area (Å²) in [5.74, 6) is 1.12. The van der Waals surface area contributed by atoms with Crippen LogP contribution in [-0.4, -0.2) is 27.6 Å². The molecule has 1 atom stereocenters. The Balaban J connectivity index is 2.17. The molecule has 0 spiro atoms. The molecular formula is C24H26BrN3O3. The highest BCUT2D eigenvalue weighted by Gasteiger charge is 2.16. The summed E-state index contributed by atoms with van der Waals surface area (Å²) in [4.78, 5) is 18.0. The van der Waals surface area contributed by atoms with E-state index in [0.29, 0.717) is 46.6 Å². The number of hydrogen-bond donors (Lipinski definition) is 1. The van der Waals surface area contributed by atoms with Gasteiger partial charge < -0.3 is 9.84 Å². The molecular weight excluding hydrogens is 458 g/mol. The van der Waals surface area contributed by atoms with Crippen molar-refractivity contribution in [2.75, 3.05) is 6.61 Å². The smallest absolute Gasteiger partial charge is 0.282 e. The van der Waals surface area contributed by atoms with Crippen LogP contribution in [0.3, 0.4) is 0 Å². The van der Waals surface area contributed by atoms with Crippen LogP contribution in [0.2, 0.25) is 0 Å². The highest BCUT2D eigenvalue weighted by atomic mass is 79.9. The van der Waals surface area contributed by atoms with Gasteiger partial charge in [-0.3, -0.25) is 4.79 Å². The molecule has 162 valence electrons. The normalized spacial score (nSPS) is 12.4. The molecule has 7 heteroatoms. The molecule has 0 unspecified atom stereocenters. The summed E-state index contributed by atoms with van der Waals surface area (Å²) < 4.78 is 7.73. The number of halogens is 1. The van der Waals surface area contributed by atoms with Gasteiger partial charge in [0.1, 0.15) is 5.82 Å². The molecule has 3 aromatic rings. The lowest BCUT2D eigenvalue weighted by Crippen LogP contribution is -2.23. The van der Waals surface area contributed by atoms with Gasteiger partial charge in [-0.25, -0.2) is 4.98 Å². The van der Waals surface area contributed by atoms with Gasteiger partial charge >= 0.3 is 0 Å². The summed E-state index contributed by atoms with van der Waals surface area (Å²) in [6.45, 7) is 10.1. The largest absolute Gasteiger partial charge is 0.504 e. The van der Waals surface area contributed by atoms with Gasteiger partial charge in [0.25, 0.3) is 5.56 Å². The van der Waals surface area contributed by atoms with Gasteiger partial charge in [-0.15, -0.1) is 6.58 Å². The fourth-order valence-electron chi connectivity index (χ4n) is 3.24. The zero-order valence-corrected chi connectivity index (χ0v) is 19.5. The third-order valence-corrected chi connectivity index (χ3v) is 5.54. The van der Waals surface area contributed by atoms with E-state index in [1.807, 2.05) is 39.0 Å². The van der Waals surface area contributed by atoms with Crippen LogP contribution in [0, 0.1) is 0 Å². The second-order valence-electron chi connectivity index (χ2n) is 7.25. The Hall–Kier alpha value is -2.93. The molecule has 0 fully saturated rings. The SMILES string of the molecule is C=CCc1cc(C=Nn2c([C@@H](C)CC)nc3ccc(Br)cc3c2=O)cc(OCC)c1O. The summed E-state index contributed by atoms with van der Waals surface area (Å²) in [5.41, 5.74) is 1.80. The van der Waals surface area contributed by atoms with Crippen LogP contribution >= 0.6 is 15.9 Å². The number of phenols is 1. The van der Waals surface area contributed by atoms with Gasteiger partial charge in [-0.2, -0.15) is 9.78 Å². The fraction of sp³-hybridized carbons (Fsp3) is 0.292. The molecule has 6 nitrogen and oxygen atoms in total. The Kier molecular flexibility index (Phi) is 7.28. The van der Waals surface area contributed by atoms with Crippen molar-refractivity contribution in [3.05, 3.63) is 74.8 Å². The number of benzene rings is 2. The van der Waals surface area contributed by atoms with Gasteiger partial charge in [-0.05, 0) is 55.7 Å². The monoisotopic (exact) mass is 483 g/mol. The Morgan fingerprint density at radius 3 is 2.77 bits per heavy atom. The van der Waals surface area contributed by atoms with Crippen LogP contribution in [0.4, 0.5) is 0 Å². The number of nitrogens with zero attached hydrogens (tertiary/aromatic N) is 3. The van der Waals surface area contributed by atoms with Crippen molar-refractivity contribution in [3.63, 3.8) is 0 Å². The molecule has 0 radical (unpaired) electrons. The lowest BCUT2D eigenvalue weighted by atomic mass is 10.1. The zero-order chi connectivity index (χ0) is 22.5. The molecule has 0 saturated carbocycles. The summed E-state index contributed by atoms with van der Waals surface area (Å²) in [5, 5.41) is 15.4. The van der Waals surface area contributed by atoms with Crippen molar-refractivity contribution in [1.29, 1.82) is 0 Å². The van der Waals surface area contributed by atoms with E-state index in [4.69, 9.17) is 9.72 Å². The molecule has 1 heterocycles. The zero-order valence-electron chi connectivity index (χ0n) is 17.9. The molecule has 31 heavy (non-hydrogen) atoms. The molecule has 0 amide bonds. The van der Waals surface area contributed by atoms with Crippen LogP contribution < -0.4 is 10.3 Å². The Morgan fingerprint density at radius 1 is 1.32 bits per heavy atom. The van der Waals surface area contributed by atoms with E-state index in [9.17, 15) is 9.90 Å². The number of aromatic nitrogens is 2. The fourth-order valence-corrected chi connectivity index (χ4v) is 3.60. The minimum atomic E-state index is -0.229. The minimum Gasteiger partial charge on any atom is -0.504 e. The third-order valence-electron chi connectivity index (χ3n) is 5.05. The van der Waals surface area contributed by atoms with Crippen molar-refractivity contribution >= 4 is 33.0 Å². The van der Waals surface area contributed by atoms with Crippen LogP contribution in [0.25, 0.3) is 10.9 Å². The Morgan fingerprint density at radius 2 is 2.10 bits per heavy atom. The minimum absolute atomic E-state index is 0.0491. The van der Waals surface area contributed by atoms with Crippen LogP contribution in [0.1, 0.15) is 50.1 Å². The maximum absolute atomic E-state index is 13.2. The summed E-state index contributed by atoms with van der Waals surface area (Å²) >= 11 is 3.42. The number of fused-ring (bicyclic) bond motifs is 1. The maximum atomic E-state index is 13.2. The average molecular weight is 484 g/mol. The molecule has 0 bridgehead atoms. The molecule has 0 aliphatic heterocycles. The van der Waals surface area contributed by atoms with E-state index in [1.165, 1.54) is 4.68 Å². The second-order valence-corrected chi connectivity index (χ2v) is 8.17. The lowest BCUT2D eigenvalue weighted by molar-refractivity contribution is 0.317. The Labute approximate surface area is 190 Å². The summed E-state index contributed by atoms with van der Waals surface area (Å²) in [6.07, 6.45) is 4.61. The first-order chi connectivity index (χ1) is 14.9. The van der Waals surface area contributed by atoms with E-state index in [-0.39, 0.29) is 17.2 Å². The second kappa shape index (κ2) is 9.92. The molecule has 0 aliphatic rings. The first-order valence-corrected chi connectivity index (χ1v) is 11.0. The number of phenolic OH excluding ortho intramolecular Hbond substituents is 1. The quantitative estimate of drug-likeness (QED) is 0.344. The first kappa shape index (κ1) is 22.7. The number of ether oxygens (including phenoxy) is 1. The topological polar surface area (TPSA) is 76.7 Å². The van der Waals surface area contributed by atoms with Crippen LogP contribution in [0.15, 0.2) is 57.4 Å². The highest BCUT2D eigenvalue weighted by Crippen LogP contribution is 2.32. The van der Waals surface area contributed by atoms with Crippen molar-refractivity contribution in [2.45, 2.75) is 39.5 Å². The first-order valence-electron chi connectivity index (χ1n) is 10.3. The highest BCUT2D eigenvalue weighted by molar-refractivity contribution is 9.10. The lowest BCUT2D eigenvalue weighted by Gasteiger charge is -2.14. The van der Waals surface area contributed by atoms with Gasteiger partial charge in [0.2, 0.25) is 0 Å². The number of aromatic hydroxyl groups is 1. The van der Waals surface area contributed by atoms with E-state index in [1.54, 1.807) is 24.4 Å².